The molecule has 0 atom stereocenters. The summed E-state index contributed by atoms with van der Waals surface area (Å²) in [7, 11) is 0. The van der Waals surface area contributed by atoms with Gasteiger partial charge in [0, 0.05) is 17.3 Å². The number of carbonyl (C=O) groups is 1. The van der Waals surface area contributed by atoms with Crippen molar-refractivity contribution in [2.75, 3.05) is 10.6 Å². The molecule has 2 aromatic heterocycles. The number of carbonyl (C=O) groups excluding carboxylic acids is 1. The summed E-state index contributed by atoms with van der Waals surface area (Å²) < 4.78 is 1.80. The predicted octanol–water partition coefficient (Wildman–Crippen LogP) is 4.96. The molecule has 0 spiro atoms. The maximum atomic E-state index is 12.7. The summed E-state index contributed by atoms with van der Waals surface area (Å²) in [5, 5.41) is 21.1. The first-order valence-electron chi connectivity index (χ1n) is 9.37. The van der Waals surface area contributed by atoms with Crippen molar-refractivity contribution in [2.24, 2.45) is 0 Å². The highest BCUT2D eigenvalue weighted by atomic mass is 32.1. The third kappa shape index (κ3) is 3.90. The van der Waals surface area contributed by atoms with Gasteiger partial charge in [0.05, 0.1) is 17.6 Å². The highest BCUT2D eigenvalue weighted by Gasteiger charge is 2.16. The topological polar surface area (TPSA) is 92.1 Å². The van der Waals surface area contributed by atoms with Crippen molar-refractivity contribution in [2.45, 2.75) is 20.8 Å². The zero-order chi connectivity index (χ0) is 21.3. The number of hydrogen-bond acceptors (Lipinski definition) is 6. The number of phenols is 1. The van der Waals surface area contributed by atoms with Crippen molar-refractivity contribution in [1.82, 2.24) is 14.8 Å². The van der Waals surface area contributed by atoms with Crippen LogP contribution in [-0.4, -0.2) is 25.8 Å². The standard InChI is InChI=1S/C22H21N5O2S/c1-13-9-10-17(28)15(3)19(13)24-21(29)18-11-23-22(30-18)25-20-14(2)12-27(26-20)16-7-5-4-6-8-16/h4-12,28H,1-3H3,(H,24,29)(H,23,25,26). The van der Waals surface area contributed by atoms with Gasteiger partial charge in [-0.15, -0.1) is 5.10 Å². The van der Waals surface area contributed by atoms with E-state index in [0.717, 1.165) is 16.8 Å². The Balaban J connectivity index is 1.51. The lowest BCUT2D eigenvalue weighted by molar-refractivity contribution is 0.103. The van der Waals surface area contributed by atoms with Crippen LogP contribution in [0.25, 0.3) is 5.69 Å². The average molecular weight is 420 g/mol. The molecule has 0 bridgehead atoms. The van der Waals surface area contributed by atoms with Gasteiger partial charge in [0.15, 0.2) is 10.9 Å². The molecular formula is C22H21N5O2S. The van der Waals surface area contributed by atoms with Gasteiger partial charge >= 0.3 is 0 Å². The molecule has 0 radical (unpaired) electrons. The van der Waals surface area contributed by atoms with Gasteiger partial charge in [-0.2, -0.15) is 0 Å². The molecule has 2 heterocycles. The van der Waals surface area contributed by atoms with Crippen molar-refractivity contribution in [1.29, 1.82) is 0 Å². The number of anilines is 3. The lowest BCUT2D eigenvalue weighted by Gasteiger charge is -2.11. The molecule has 0 aliphatic carbocycles. The number of phenolic OH excluding ortho intramolecular Hbond substituents is 1. The molecule has 30 heavy (non-hydrogen) atoms. The highest BCUT2D eigenvalue weighted by Crippen LogP contribution is 2.30. The number of aryl methyl sites for hydroxylation is 2. The van der Waals surface area contributed by atoms with Gasteiger partial charge in [-0.1, -0.05) is 35.6 Å². The van der Waals surface area contributed by atoms with Crippen molar-refractivity contribution >= 4 is 33.9 Å². The second-order valence-corrected chi connectivity index (χ2v) is 7.98. The van der Waals surface area contributed by atoms with Crippen LogP contribution in [0.15, 0.2) is 54.9 Å². The van der Waals surface area contributed by atoms with Crippen LogP contribution in [0.3, 0.4) is 0 Å². The molecule has 0 saturated heterocycles. The second-order valence-electron chi connectivity index (χ2n) is 6.95. The van der Waals surface area contributed by atoms with Crippen LogP contribution < -0.4 is 10.6 Å². The Labute approximate surface area is 178 Å². The molecule has 0 unspecified atom stereocenters. The third-order valence-electron chi connectivity index (χ3n) is 4.76. The van der Waals surface area contributed by atoms with E-state index in [1.807, 2.05) is 50.4 Å². The van der Waals surface area contributed by atoms with Gasteiger partial charge in [-0.3, -0.25) is 4.79 Å². The number of para-hydroxylation sites is 1. The van der Waals surface area contributed by atoms with E-state index in [9.17, 15) is 9.90 Å². The molecule has 8 heteroatoms. The number of nitrogens with one attached hydrogen (secondary N) is 2. The third-order valence-corrected chi connectivity index (χ3v) is 5.67. The molecule has 0 aliphatic rings. The molecule has 3 N–H and O–H groups in total. The minimum atomic E-state index is -0.274. The number of aromatic hydroxyl groups is 1. The summed E-state index contributed by atoms with van der Waals surface area (Å²) >= 11 is 1.24. The number of hydrogen-bond donors (Lipinski definition) is 3. The zero-order valence-electron chi connectivity index (χ0n) is 16.8. The maximum absolute atomic E-state index is 12.7. The molecule has 4 aromatic rings. The fraction of sp³-hybridized carbons (Fsp3) is 0.136. The Hall–Kier alpha value is -3.65. The van der Waals surface area contributed by atoms with Crippen LogP contribution in [-0.2, 0) is 0 Å². The second kappa shape index (κ2) is 8.00. The van der Waals surface area contributed by atoms with Gasteiger partial charge < -0.3 is 15.7 Å². The van der Waals surface area contributed by atoms with Crippen LogP contribution in [0.4, 0.5) is 16.6 Å². The zero-order valence-corrected chi connectivity index (χ0v) is 17.6. The fourth-order valence-corrected chi connectivity index (χ4v) is 3.75. The van der Waals surface area contributed by atoms with Crippen LogP contribution in [0.5, 0.6) is 5.75 Å². The Morgan fingerprint density at radius 1 is 1.07 bits per heavy atom. The van der Waals surface area contributed by atoms with E-state index in [1.165, 1.54) is 17.5 Å². The fourth-order valence-electron chi connectivity index (χ4n) is 3.04. The molecule has 1 amide bonds. The number of nitrogens with zero attached hydrogens (tertiary/aromatic N) is 3. The van der Waals surface area contributed by atoms with E-state index in [0.29, 0.717) is 27.1 Å². The number of thiazole rings is 1. The number of amides is 1. The number of aromatic nitrogens is 3. The van der Waals surface area contributed by atoms with E-state index in [2.05, 4.69) is 20.7 Å². The van der Waals surface area contributed by atoms with Crippen molar-refractivity contribution < 1.29 is 9.90 Å². The Morgan fingerprint density at radius 3 is 2.60 bits per heavy atom. The maximum Gasteiger partial charge on any atom is 0.267 e. The van der Waals surface area contributed by atoms with Crippen molar-refractivity contribution in [3.63, 3.8) is 0 Å². The summed E-state index contributed by atoms with van der Waals surface area (Å²) in [4.78, 5) is 17.4. The summed E-state index contributed by atoms with van der Waals surface area (Å²) in [5.74, 6) is 0.552. The first-order chi connectivity index (χ1) is 14.4. The summed E-state index contributed by atoms with van der Waals surface area (Å²) in [6.45, 7) is 5.61. The highest BCUT2D eigenvalue weighted by molar-refractivity contribution is 7.17. The van der Waals surface area contributed by atoms with Crippen molar-refractivity contribution in [3.8, 4) is 11.4 Å². The monoisotopic (exact) mass is 419 g/mol. The lowest BCUT2D eigenvalue weighted by Crippen LogP contribution is -2.12. The first kappa shape index (κ1) is 19.7. The number of benzene rings is 2. The van der Waals surface area contributed by atoms with E-state index in [4.69, 9.17) is 0 Å². The van der Waals surface area contributed by atoms with E-state index >= 15 is 0 Å². The first-order valence-corrected chi connectivity index (χ1v) is 10.2. The number of rotatable bonds is 5. The van der Waals surface area contributed by atoms with E-state index in [-0.39, 0.29) is 11.7 Å². The van der Waals surface area contributed by atoms with Gasteiger partial charge in [0.25, 0.3) is 5.91 Å². The Kier molecular flexibility index (Phi) is 5.24. The average Bonchev–Trinajstić information content (AvgIpc) is 3.36. The van der Waals surface area contributed by atoms with Crippen LogP contribution in [0.2, 0.25) is 0 Å². The van der Waals surface area contributed by atoms with Crippen molar-refractivity contribution in [3.05, 3.63) is 76.4 Å². The molecule has 152 valence electrons. The molecule has 7 nitrogen and oxygen atoms in total. The predicted molar refractivity (Wildman–Crippen MR) is 119 cm³/mol. The normalized spacial score (nSPS) is 10.8. The quantitative estimate of drug-likeness (QED) is 0.425. The summed E-state index contributed by atoms with van der Waals surface area (Å²) in [6, 6.07) is 13.2. The minimum Gasteiger partial charge on any atom is -0.508 e. The van der Waals surface area contributed by atoms with Gasteiger partial charge in [-0.05, 0) is 44.5 Å². The Bertz CT molecular complexity index is 1210. The molecule has 4 rings (SSSR count). The van der Waals surface area contributed by atoms with E-state index in [1.54, 1.807) is 23.7 Å². The van der Waals surface area contributed by atoms with E-state index < -0.39 is 0 Å². The largest absolute Gasteiger partial charge is 0.508 e. The minimum absolute atomic E-state index is 0.145. The molecular weight excluding hydrogens is 398 g/mol. The molecule has 2 aromatic carbocycles. The van der Waals surface area contributed by atoms with Gasteiger partial charge in [0.2, 0.25) is 0 Å². The molecule has 0 fully saturated rings. The molecule has 0 aliphatic heterocycles. The molecule has 0 saturated carbocycles. The lowest BCUT2D eigenvalue weighted by atomic mass is 10.1. The summed E-state index contributed by atoms with van der Waals surface area (Å²) in [6.07, 6.45) is 3.46. The van der Waals surface area contributed by atoms with Gasteiger partial charge in [0.1, 0.15) is 10.6 Å². The van der Waals surface area contributed by atoms with Crippen LogP contribution in [0.1, 0.15) is 26.4 Å². The summed E-state index contributed by atoms with van der Waals surface area (Å²) in [5.41, 5.74) is 4.05. The Morgan fingerprint density at radius 2 is 1.83 bits per heavy atom. The van der Waals surface area contributed by atoms with Crippen LogP contribution in [0, 0.1) is 20.8 Å². The van der Waals surface area contributed by atoms with Crippen LogP contribution >= 0.6 is 11.3 Å². The smallest absolute Gasteiger partial charge is 0.267 e. The SMILES string of the molecule is Cc1cn(-c2ccccc2)nc1Nc1ncc(C(=O)Nc2c(C)ccc(O)c2C)s1. The van der Waals surface area contributed by atoms with Gasteiger partial charge in [-0.25, -0.2) is 9.67 Å².